The van der Waals surface area contributed by atoms with E-state index >= 15 is 0 Å². The van der Waals surface area contributed by atoms with Crippen LogP contribution in [0.3, 0.4) is 0 Å². The molecule has 0 atom stereocenters. The molecule has 3 aromatic rings. The number of sulfone groups is 1. The van der Waals surface area contributed by atoms with Crippen LogP contribution in [-0.2, 0) is 26.4 Å². The van der Waals surface area contributed by atoms with Crippen molar-refractivity contribution >= 4 is 26.8 Å². The summed E-state index contributed by atoms with van der Waals surface area (Å²) in [6.45, 7) is 8.76. The summed E-state index contributed by atoms with van der Waals surface area (Å²) in [6, 6.07) is 6.82. The van der Waals surface area contributed by atoms with Crippen molar-refractivity contribution in [3.8, 4) is 16.9 Å². The summed E-state index contributed by atoms with van der Waals surface area (Å²) in [6.07, 6.45) is 9.06. The molecule has 1 N–H and O–H groups in total. The van der Waals surface area contributed by atoms with Crippen molar-refractivity contribution in [3.05, 3.63) is 47.0 Å². The number of hydrogen-bond acceptors (Lipinski definition) is 7. The molecule has 238 valence electrons. The number of likely N-dealkylation sites (tertiary alicyclic amines) is 1. The van der Waals surface area contributed by atoms with Gasteiger partial charge in [0.25, 0.3) is 5.56 Å². The lowest BCUT2D eigenvalue weighted by Gasteiger charge is -2.53. The number of rotatable bonds is 7. The summed E-state index contributed by atoms with van der Waals surface area (Å²) in [4.78, 5) is 30.2. The summed E-state index contributed by atoms with van der Waals surface area (Å²) < 4.78 is 45.4. The molecule has 2 aromatic heterocycles. The molecule has 1 amide bonds. The van der Waals surface area contributed by atoms with Crippen LogP contribution in [0.25, 0.3) is 22.0 Å². The number of carbonyl (C=O) groups excluding carboxylic acids is 1. The lowest BCUT2D eigenvalue weighted by atomic mass is 9.61. The second-order valence-corrected chi connectivity index (χ2v) is 16.0. The summed E-state index contributed by atoms with van der Waals surface area (Å²) >= 11 is 0. The van der Waals surface area contributed by atoms with Gasteiger partial charge in [0.05, 0.1) is 22.9 Å². The van der Waals surface area contributed by atoms with E-state index in [1.54, 1.807) is 44.6 Å². The Bertz CT molecular complexity index is 1710. The zero-order valence-electron chi connectivity index (χ0n) is 26.2. The minimum absolute atomic E-state index is 0.00835. The minimum Gasteiger partial charge on any atom is -0.490 e. The average molecular weight is 626 g/mol. The fourth-order valence-corrected chi connectivity index (χ4v) is 7.65. The Labute approximate surface area is 258 Å². The maximum absolute atomic E-state index is 12.8. The first kappa shape index (κ1) is 30.7. The van der Waals surface area contributed by atoms with Crippen LogP contribution >= 0.6 is 0 Å². The van der Waals surface area contributed by atoms with Gasteiger partial charge in [-0.3, -0.25) is 4.79 Å². The highest BCUT2D eigenvalue weighted by atomic mass is 32.2. The quantitative estimate of drug-likeness (QED) is 0.372. The molecule has 11 heteroatoms. The number of aromatic nitrogens is 2. The number of aromatic amines is 1. The van der Waals surface area contributed by atoms with E-state index in [9.17, 15) is 18.0 Å². The molecule has 3 fully saturated rings. The van der Waals surface area contributed by atoms with Gasteiger partial charge < -0.3 is 28.7 Å². The second kappa shape index (κ2) is 11.2. The standard InChI is InChI=1S/C33H43N3O7S/c1-6-44(39,40)24-7-8-28(26(17-24)27-20-35(5)30(37)29-25(27)9-12-34-29)42-22-15-21(16-22)41-23-18-33(19-23)10-13-36(14-11-33)31(38)43-32(2,3)4/h7-9,12,17,20-23,34H,6,10-11,13-16,18-19H2,1-5H3. The van der Waals surface area contributed by atoms with Gasteiger partial charge in [0.15, 0.2) is 9.84 Å². The molecule has 1 spiro atoms. The van der Waals surface area contributed by atoms with Crippen LogP contribution in [0.4, 0.5) is 4.79 Å². The number of H-pyrrole nitrogens is 1. The Kier molecular flexibility index (Phi) is 7.85. The van der Waals surface area contributed by atoms with Crippen molar-refractivity contribution < 1.29 is 27.4 Å². The lowest BCUT2D eigenvalue weighted by molar-refractivity contribution is -0.165. The third-order valence-corrected chi connectivity index (χ3v) is 11.1. The van der Waals surface area contributed by atoms with Gasteiger partial charge in [-0.25, -0.2) is 13.2 Å². The molecule has 0 radical (unpaired) electrons. The Hall–Kier alpha value is -3.31. The first-order valence-corrected chi connectivity index (χ1v) is 17.2. The van der Waals surface area contributed by atoms with Crippen molar-refractivity contribution in [1.29, 1.82) is 0 Å². The number of benzene rings is 1. The molecule has 1 saturated heterocycles. The van der Waals surface area contributed by atoms with Crippen molar-refractivity contribution in [2.45, 2.75) is 95.0 Å². The zero-order valence-corrected chi connectivity index (χ0v) is 27.0. The van der Waals surface area contributed by atoms with Crippen molar-refractivity contribution in [2.24, 2.45) is 12.5 Å². The number of carbonyl (C=O) groups is 1. The van der Waals surface area contributed by atoms with E-state index in [1.165, 1.54) is 4.57 Å². The predicted octanol–water partition coefficient (Wildman–Crippen LogP) is 5.43. The van der Waals surface area contributed by atoms with E-state index in [0.717, 1.165) is 62.6 Å². The van der Waals surface area contributed by atoms with E-state index in [0.29, 0.717) is 16.8 Å². The predicted molar refractivity (Wildman–Crippen MR) is 168 cm³/mol. The summed E-state index contributed by atoms with van der Waals surface area (Å²) in [7, 11) is -1.76. The third-order valence-electron chi connectivity index (χ3n) is 9.40. The van der Waals surface area contributed by atoms with E-state index in [2.05, 4.69) is 4.98 Å². The van der Waals surface area contributed by atoms with E-state index in [4.69, 9.17) is 14.2 Å². The van der Waals surface area contributed by atoms with Crippen molar-refractivity contribution in [2.75, 3.05) is 18.8 Å². The number of piperidine rings is 1. The first-order chi connectivity index (χ1) is 20.8. The maximum atomic E-state index is 12.8. The Balaban J connectivity index is 1.08. The van der Waals surface area contributed by atoms with Gasteiger partial charge in [-0.05, 0) is 76.1 Å². The molecular formula is C33H43N3O7S. The van der Waals surface area contributed by atoms with Crippen LogP contribution in [0, 0.1) is 5.41 Å². The number of nitrogens with zero attached hydrogens (tertiary/aromatic N) is 2. The Morgan fingerprint density at radius 3 is 2.41 bits per heavy atom. The summed E-state index contributed by atoms with van der Waals surface area (Å²) in [5.41, 5.74) is 1.46. The first-order valence-electron chi connectivity index (χ1n) is 15.6. The largest absolute Gasteiger partial charge is 0.490 e. The molecule has 44 heavy (non-hydrogen) atoms. The number of nitrogens with one attached hydrogen (secondary N) is 1. The number of fused-ring (bicyclic) bond motifs is 1. The second-order valence-electron chi connectivity index (χ2n) is 13.8. The fourth-order valence-electron chi connectivity index (χ4n) is 6.74. The molecule has 0 unspecified atom stereocenters. The minimum atomic E-state index is -3.45. The van der Waals surface area contributed by atoms with Gasteiger partial charge in [0.2, 0.25) is 0 Å². The molecule has 2 saturated carbocycles. The highest BCUT2D eigenvalue weighted by Crippen LogP contribution is 2.51. The van der Waals surface area contributed by atoms with Gasteiger partial charge in [-0.15, -0.1) is 0 Å². The van der Waals surface area contributed by atoms with E-state index in [1.807, 2.05) is 31.7 Å². The average Bonchev–Trinajstić information content (AvgIpc) is 3.43. The lowest BCUT2D eigenvalue weighted by Crippen LogP contribution is -2.53. The topological polar surface area (TPSA) is 120 Å². The van der Waals surface area contributed by atoms with Crippen LogP contribution in [0.1, 0.15) is 66.2 Å². The van der Waals surface area contributed by atoms with Crippen molar-refractivity contribution in [3.63, 3.8) is 0 Å². The molecule has 3 aliphatic rings. The Morgan fingerprint density at radius 1 is 1.05 bits per heavy atom. The zero-order chi connectivity index (χ0) is 31.4. The van der Waals surface area contributed by atoms with Crippen LogP contribution in [-0.4, -0.2) is 71.7 Å². The molecule has 2 aliphatic carbocycles. The number of amides is 1. The van der Waals surface area contributed by atoms with Gasteiger partial charge in [0.1, 0.15) is 23.0 Å². The highest BCUT2D eigenvalue weighted by Gasteiger charge is 2.49. The van der Waals surface area contributed by atoms with Gasteiger partial charge in [0, 0.05) is 61.9 Å². The molecule has 6 rings (SSSR count). The SMILES string of the molecule is CCS(=O)(=O)c1ccc(OC2CC(OC3CC4(CCN(C(=O)OC(C)(C)C)CC4)C3)C2)c(-c2cn(C)c(=O)c3[nH]ccc23)c1. The van der Waals surface area contributed by atoms with Crippen LogP contribution in [0.5, 0.6) is 5.75 Å². The Morgan fingerprint density at radius 2 is 1.75 bits per heavy atom. The molecule has 1 aromatic carbocycles. The van der Waals surface area contributed by atoms with E-state index < -0.39 is 15.4 Å². The monoisotopic (exact) mass is 625 g/mol. The smallest absolute Gasteiger partial charge is 0.410 e. The van der Waals surface area contributed by atoms with Crippen molar-refractivity contribution in [1.82, 2.24) is 14.5 Å². The van der Waals surface area contributed by atoms with Crippen LogP contribution < -0.4 is 10.3 Å². The fraction of sp³-hybridized carbons (Fsp3) is 0.576. The maximum Gasteiger partial charge on any atom is 0.410 e. The van der Waals surface area contributed by atoms with Gasteiger partial charge in [-0.2, -0.15) is 0 Å². The van der Waals surface area contributed by atoms with Gasteiger partial charge in [-0.1, -0.05) is 6.92 Å². The molecule has 0 bridgehead atoms. The normalized spacial score (nSPS) is 22.1. The summed E-state index contributed by atoms with van der Waals surface area (Å²) in [5.74, 6) is 0.579. The third kappa shape index (κ3) is 6.00. The number of aryl methyl sites for hydroxylation is 1. The van der Waals surface area contributed by atoms with Gasteiger partial charge >= 0.3 is 6.09 Å². The molecule has 1 aliphatic heterocycles. The molecular weight excluding hydrogens is 582 g/mol. The number of ether oxygens (including phenoxy) is 3. The highest BCUT2D eigenvalue weighted by molar-refractivity contribution is 7.91. The molecule has 3 heterocycles. The van der Waals surface area contributed by atoms with Crippen LogP contribution in [0.2, 0.25) is 0 Å². The van der Waals surface area contributed by atoms with E-state index in [-0.39, 0.29) is 46.0 Å². The number of pyridine rings is 1. The molecule has 10 nitrogen and oxygen atoms in total. The summed E-state index contributed by atoms with van der Waals surface area (Å²) in [5, 5.41) is 0.717. The number of hydrogen-bond donors (Lipinski definition) is 1. The van der Waals surface area contributed by atoms with Crippen LogP contribution in [0.15, 0.2) is 46.3 Å².